The number of benzene rings is 2. The van der Waals surface area contributed by atoms with Crippen LogP contribution in [0.25, 0.3) is 0 Å². The third kappa shape index (κ3) is 6.04. The summed E-state index contributed by atoms with van der Waals surface area (Å²) in [5, 5.41) is 2.61. The van der Waals surface area contributed by atoms with Gasteiger partial charge in [0.05, 0.1) is 5.75 Å². The summed E-state index contributed by atoms with van der Waals surface area (Å²) >= 11 is 1.38. The van der Waals surface area contributed by atoms with E-state index in [0.717, 1.165) is 16.0 Å². The molecule has 2 rings (SSSR count). The number of amides is 1. The number of nitrogens with one attached hydrogen (secondary N) is 1. The zero-order valence-electron chi connectivity index (χ0n) is 13.3. The first-order valence-electron chi connectivity index (χ1n) is 7.40. The molecule has 1 amide bonds. The summed E-state index contributed by atoms with van der Waals surface area (Å²) in [6.45, 7) is 1.90. The van der Waals surface area contributed by atoms with Crippen LogP contribution in [0, 0.1) is 12.7 Å². The Morgan fingerprint density at radius 3 is 2.54 bits per heavy atom. The Labute approximate surface area is 144 Å². The highest BCUT2D eigenvalue weighted by Crippen LogP contribution is 2.21. The van der Waals surface area contributed by atoms with Crippen LogP contribution < -0.4 is 5.32 Å². The molecule has 0 radical (unpaired) electrons. The maximum absolute atomic E-state index is 12.8. The van der Waals surface area contributed by atoms with Gasteiger partial charge in [-0.3, -0.25) is 9.59 Å². The second kappa shape index (κ2) is 9.08. The Balaban J connectivity index is 1.66. The van der Waals surface area contributed by atoms with E-state index in [1.54, 1.807) is 12.1 Å². The molecule has 0 bridgehead atoms. The molecule has 0 fully saturated rings. The molecule has 0 saturated carbocycles. The molecule has 0 unspecified atom stereocenters. The van der Waals surface area contributed by atoms with Gasteiger partial charge in [0.25, 0.3) is 5.91 Å². The molecule has 0 aliphatic carbocycles. The first-order chi connectivity index (χ1) is 11.5. The molecule has 126 valence electrons. The third-order valence-corrected chi connectivity index (χ3v) is 4.36. The van der Waals surface area contributed by atoms with Gasteiger partial charge in [0.15, 0.2) is 6.61 Å². The van der Waals surface area contributed by atoms with Crippen molar-refractivity contribution in [3.8, 4) is 0 Å². The van der Waals surface area contributed by atoms with Gasteiger partial charge in [0.2, 0.25) is 0 Å². The van der Waals surface area contributed by atoms with Crippen LogP contribution in [0.4, 0.5) is 4.39 Å². The standard InChI is InChI=1S/C18H18FNO3S/c1-13-4-2-3-5-16(13)24-12-18(22)23-11-17(21)20-10-14-6-8-15(19)9-7-14/h2-9H,10-12H2,1H3,(H,20,21). The average Bonchev–Trinajstić information content (AvgIpc) is 2.58. The van der Waals surface area contributed by atoms with E-state index in [2.05, 4.69) is 5.32 Å². The lowest BCUT2D eigenvalue weighted by Gasteiger charge is -2.07. The summed E-state index contributed by atoms with van der Waals surface area (Å²) in [6, 6.07) is 13.6. The zero-order chi connectivity index (χ0) is 17.4. The number of hydrogen-bond donors (Lipinski definition) is 1. The van der Waals surface area contributed by atoms with Crippen LogP contribution in [-0.4, -0.2) is 24.2 Å². The number of carbonyl (C=O) groups excluding carboxylic acids is 2. The van der Waals surface area contributed by atoms with Gasteiger partial charge in [0, 0.05) is 11.4 Å². The fourth-order valence-corrected chi connectivity index (χ4v) is 2.72. The van der Waals surface area contributed by atoms with Crippen LogP contribution in [-0.2, 0) is 20.9 Å². The van der Waals surface area contributed by atoms with E-state index in [4.69, 9.17) is 4.74 Å². The highest BCUT2D eigenvalue weighted by atomic mass is 32.2. The molecule has 0 spiro atoms. The van der Waals surface area contributed by atoms with Crippen molar-refractivity contribution < 1.29 is 18.7 Å². The fraction of sp³-hybridized carbons (Fsp3) is 0.222. The van der Waals surface area contributed by atoms with Gasteiger partial charge < -0.3 is 10.1 Å². The van der Waals surface area contributed by atoms with Gasteiger partial charge in [-0.1, -0.05) is 30.3 Å². The lowest BCUT2D eigenvalue weighted by Crippen LogP contribution is -2.28. The lowest BCUT2D eigenvalue weighted by atomic mass is 10.2. The second-order valence-corrected chi connectivity index (χ2v) is 6.14. The average molecular weight is 347 g/mol. The number of carbonyl (C=O) groups is 2. The summed E-state index contributed by atoms with van der Waals surface area (Å²) in [6.07, 6.45) is 0. The molecule has 0 atom stereocenters. The number of halogens is 1. The van der Waals surface area contributed by atoms with Crippen molar-refractivity contribution in [2.24, 2.45) is 0 Å². The normalized spacial score (nSPS) is 10.2. The predicted octanol–water partition coefficient (Wildman–Crippen LogP) is 3.09. The summed E-state index contributed by atoms with van der Waals surface area (Å²) in [7, 11) is 0. The highest BCUT2D eigenvalue weighted by molar-refractivity contribution is 8.00. The third-order valence-electron chi connectivity index (χ3n) is 3.21. The molecule has 2 aromatic carbocycles. The van der Waals surface area contributed by atoms with Crippen molar-refractivity contribution in [2.75, 3.05) is 12.4 Å². The first kappa shape index (κ1) is 18.0. The van der Waals surface area contributed by atoms with Gasteiger partial charge in [-0.25, -0.2) is 4.39 Å². The molecule has 4 nitrogen and oxygen atoms in total. The van der Waals surface area contributed by atoms with E-state index in [-0.39, 0.29) is 24.7 Å². The summed E-state index contributed by atoms with van der Waals surface area (Å²) in [4.78, 5) is 24.3. The van der Waals surface area contributed by atoms with Crippen molar-refractivity contribution in [1.82, 2.24) is 5.32 Å². The number of rotatable bonds is 7. The summed E-state index contributed by atoms with van der Waals surface area (Å²) in [5.41, 5.74) is 1.86. The number of ether oxygens (including phenoxy) is 1. The van der Waals surface area contributed by atoms with Gasteiger partial charge >= 0.3 is 5.97 Å². The quantitative estimate of drug-likeness (QED) is 0.618. The van der Waals surface area contributed by atoms with Crippen molar-refractivity contribution in [2.45, 2.75) is 18.4 Å². The van der Waals surface area contributed by atoms with E-state index >= 15 is 0 Å². The Kier molecular flexibility index (Phi) is 6.81. The number of esters is 1. The highest BCUT2D eigenvalue weighted by Gasteiger charge is 2.09. The molecule has 2 aromatic rings. The van der Waals surface area contributed by atoms with Crippen molar-refractivity contribution in [1.29, 1.82) is 0 Å². The minimum absolute atomic E-state index is 0.149. The fourth-order valence-electron chi connectivity index (χ4n) is 1.90. The van der Waals surface area contributed by atoms with Crippen molar-refractivity contribution in [3.63, 3.8) is 0 Å². The molecule has 1 N–H and O–H groups in total. The maximum Gasteiger partial charge on any atom is 0.316 e. The van der Waals surface area contributed by atoms with Crippen LogP contribution in [0.1, 0.15) is 11.1 Å². The van der Waals surface area contributed by atoms with Crippen molar-refractivity contribution in [3.05, 3.63) is 65.5 Å². The van der Waals surface area contributed by atoms with Gasteiger partial charge in [-0.2, -0.15) is 0 Å². The molecule has 0 heterocycles. The van der Waals surface area contributed by atoms with E-state index in [1.807, 2.05) is 31.2 Å². The van der Waals surface area contributed by atoms with Gasteiger partial charge in [0.1, 0.15) is 5.82 Å². The molecule has 24 heavy (non-hydrogen) atoms. The molecule has 0 aliphatic rings. The monoisotopic (exact) mass is 347 g/mol. The lowest BCUT2D eigenvalue weighted by molar-refractivity contribution is -0.145. The first-order valence-corrected chi connectivity index (χ1v) is 8.38. The largest absolute Gasteiger partial charge is 0.455 e. The van der Waals surface area contributed by atoms with Crippen LogP contribution in [0.5, 0.6) is 0 Å². The molecular weight excluding hydrogens is 329 g/mol. The molecular formula is C18H18FNO3S. The molecule has 6 heteroatoms. The zero-order valence-corrected chi connectivity index (χ0v) is 14.1. The van der Waals surface area contributed by atoms with Gasteiger partial charge in [-0.15, -0.1) is 11.8 Å². The topological polar surface area (TPSA) is 55.4 Å². The molecule has 0 saturated heterocycles. The minimum atomic E-state index is -0.444. The maximum atomic E-state index is 12.8. The Hall–Kier alpha value is -2.34. The predicted molar refractivity (Wildman–Crippen MR) is 91.1 cm³/mol. The van der Waals surface area contributed by atoms with Crippen LogP contribution >= 0.6 is 11.8 Å². The van der Waals surface area contributed by atoms with Gasteiger partial charge in [-0.05, 0) is 36.2 Å². The summed E-state index contributed by atoms with van der Waals surface area (Å²) in [5.74, 6) is -1.02. The smallest absolute Gasteiger partial charge is 0.316 e. The second-order valence-electron chi connectivity index (χ2n) is 5.12. The molecule has 0 aromatic heterocycles. The van der Waals surface area contributed by atoms with E-state index < -0.39 is 11.9 Å². The van der Waals surface area contributed by atoms with Crippen LogP contribution in [0.3, 0.4) is 0 Å². The number of aryl methyl sites for hydroxylation is 1. The Morgan fingerprint density at radius 1 is 1.12 bits per heavy atom. The number of thioether (sulfide) groups is 1. The number of hydrogen-bond acceptors (Lipinski definition) is 4. The van der Waals surface area contributed by atoms with Crippen molar-refractivity contribution >= 4 is 23.6 Å². The Morgan fingerprint density at radius 2 is 1.83 bits per heavy atom. The minimum Gasteiger partial charge on any atom is -0.455 e. The Bertz CT molecular complexity index is 704. The van der Waals surface area contributed by atoms with E-state index in [1.165, 1.54) is 23.9 Å². The van der Waals surface area contributed by atoms with E-state index in [0.29, 0.717) is 0 Å². The molecule has 0 aliphatic heterocycles. The van der Waals surface area contributed by atoms with E-state index in [9.17, 15) is 14.0 Å². The SMILES string of the molecule is Cc1ccccc1SCC(=O)OCC(=O)NCc1ccc(F)cc1. The van der Waals surface area contributed by atoms with Crippen LogP contribution in [0.15, 0.2) is 53.4 Å². The summed E-state index contributed by atoms with van der Waals surface area (Å²) < 4.78 is 17.7. The van der Waals surface area contributed by atoms with Crippen LogP contribution in [0.2, 0.25) is 0 Å².